The summed E-state index contributed by atoms with van der Waals surface area (Å²) in [5.41, 5.74) is 2.12. The summed E-state index contributed by atoms with van der Waals surface area (Å²) in [5.74, 6) is 0.843. The zero-order valence-corrected chi connectivity index (χ0v) is 11.3. The number of hydrogen-bond acceptors (Lipinski definition) is 4. The molecule has 0 saturated heterocycles. The highest BCUT2D eigenvalue weighted by atomic mass is 16.5. The van der Waals surface area contributed by atoms with Crippen molar-refractivity contribution in [3.63, 3.8) is 0 Å². The molecule has 0 saturated carbocycles. The maximum absolute atomic E-state index is 5.04. The summed E-state index contributed by atoms with van der Waals surface area (Å²) < 4.78 is 7.02. The van der Waals surface area contributed by atoms with Gasteiger partial charge in [-0.3, -0.25) is 4.68 Å². The first-order chi connectivity index (χ1) is 8.56. The Morgan fingerprint density at radius 3 is 2.72 bits per heavy atom. The van der Waals surface area contributed by atoms with Crippen molar-refractivity contribution in [2.45, 2.75) is 46.3 Å². The van der Waals surface area contributed by atoms with Crippen molar-refractivity contribution < 1.29 is 4.52 Å². The molecule has 2 atom stereocenters. The second kappa shape index (κ2) is 5.35. The Hall–Kier alpha value is -1.62. The van der Waals surface area contributed by atoms with Gasteiger partial charge in [-0.25, -0.2) is 0 Å². The van der Waals surface area contributed by atoms with Gasteiger partial charge in [0.05, 0.1) is 17.9 Å². The molecule has 0 radical (unpaired) electrons. The standard InChI is InChI=1S/C13H20N4O/c1-9-6-15-17(8-9)12(4)11(3)14-7-13-5-10(2)18-16-13/h5-6,8,11-12,14H,7H2,1-4H3/t11-,12+/m0/s1. The van der Waals surface area contributed by atoms with Gasteiger partial charge in [-0.15, -0.1) is 0 Å². The van der Waals surface area contributed by atoms with Crippen LogP contribution in [0, 0.1) is 13.8 Å². The van der Waals surface area contributed by atoms with Crippen molar-refractivity contribution >= 4 is 0 Å². The zero-order chi connectivity index (χ0) is 13.1. The van der Waals surface area contributed by atoms with Crippen LogP contribution < -0.4 is 5.32 Å². The topological polar surface area (TPSA) is 55.9 Å². The minimum atomic E-state index is 0.298. The quantitative estimate of drug-likeness (QED) is 0.881. The molecular formula is C13H20N4O. The average Bonchev–Trinajstić information content (AvgIpc) is 2.94. The van der Waals surface area contributed by atoms with Crippen LogP contribution in [0.3, 0.4) is 0 Å². The highest BCUT2D eigenvalue weighted by Gasteiger charge is 2.14. The van der Waals surface area contributed by atoms with Crippen LogP contribution in [0.15, 0.2) is 23.0 Å². The van der Waals surface area contributed by atoms with E-state index < -0.39 is 0 Å². The lowest BCUT2D eigenvalue weighted by atomic mass is 10.1. The minimum absolute atomic E-state index is 0.298. The average molecular weight is 248 g/mol. The highest BCUT2D eigenvalue weighted by Crippen LogP contribution is 2.11. The van der Waals surface area contributed by atoms with Crippen molar-refractivity contribution in [1.82, 2.24) is 20.3 Å². The molecule has 0 bridgehead atoms. The highest BCUT2D eigenvalue weighted by molar-refractivity contribution is 5.04. The van der Waals surface area contributed by atoms with E-state index in [0.717, 1.165) is 11.5 Å². The predicted octanol–water partition coefficient (Wildman–Crippen LogP) is 2.23. The maximum atomic E-state index is 5.04. The second-order valence-electron chi connectivity index (χ2n) is 4.84. The molecule has 0 aliphatic heterocycles. The fraction of sp³-hybridized carbons (Fsp3) is 0.538. The third-order valence-electron chi connectivity index (χ3n) is 3.15. The molecule has 5 nitrogen and oxygen atoms in total. The van der Waals surface area contributed by atoms with Crippen LogP contribution in [0.2, 0.25) is 0 Å². The first-order valence-corrected chi connectivity index (χ1v) is 6.22. The second-order valence-corrected chi connectivity index (χ2v) is 4.84. The molecule has 0 aliphatic carbocycles. The van der Waals surface area contributed by atoms with E-state index in [-0.39, 0.29) is 0 Å². The minimum Gasteiger partial charge on any atom is -0.361 e. The van der Waals surface area contributed by atoms with Crippen molar-refractivity contribution in [3.05, 3.63) is 35.5 Å². The fourth-order valence-electron chi connectivity index (χ4n) is 1.82. The Morgan fingerprint density at radius 2 is 2.17 bits per heavy atom. The molecule has 0 spiro atoms. The van der Waals surface area contributed by atoms with Gasteiger partial charge in [0, 0.05) is 24.8 Å². The summed E-state index contributed by atoms with van der Waals surface area (Å²) in [6, 6.07) is 2.55. The van der Waals surface area contributed by atoms with E-state index in [9.17, 15) is 0 Å². The summed E-state index contributed by atoms with van der Waals surface area (Å²) in [6.45, 7) is 8.96. The molecule has 2 aromatic heterocycles. The van der Waals surface area contributed by atoms with Gasteiger partial charge in [-0.05, 0) is 33.3 Å². The van der Waals surface area contributed by atoms with Crippen LogP contribution in [0.1, 0.15) is 36.9 Å². The molecular weight excluding hydrogens is 228 g/mol. The van der Waals surface area contributed by atoms with Gasteiger partial charge >= 0.3 is 0 Å². The molecule has 2 heterocycles. The molecule has 0 unspecified atom stereocenters. The van der Waals surface area contributed by atoms with E-state index in [1.165, 1.54) is 5.56 Å². The first kappa shape index (κ1) is 12.8. The summed E-state index contributed by atoms with van der Waals surface area (Å²) >= 11 is 0. The summed E-state index contributed by atoms with van der Waals surface area (Å²) in [5, 5.41) is 11.7. The summed E-state index contributed by atoms with van der Waals surface area (Å²) in [4.78, 5) is 0. The number of nitrogens with zero attached hydrogens (tertiary/aromatic N) is 3. The van der Waals surface area contributed by atoms with Crippen LogP contribution in [-0.4, -0.2) is 21.0 Å². The summed E-state index contributed by atoms with van der Waals surface area (Å²) in [7, 11) is 0. The monoisotopic (exact) mass is 248 g/mol. The molecule has 98 valence electrons. The van der Waals surface area contributed by atoms with Crippen molar-refractivity contribution in [2.24, 2.45) is 0 Å². The summed E-state index contributed by atoms with van der Waals surface area (Å²) in [6.07, 6.45) is 3.94. The lowest BCUT2D eigenvalue weighted by molar-refractivity contribution is 0.353. The number of rotatable bonds is 5. The number of nitrogens with one attached hydrogen (secondary N) is 1. The van der Waals surface area contributed by atoms with Crippen LogP contribution in [0.25, 0.3) is 0 Å². The van der Waals surface area contributed by atoms with E-state index >= 15 is 0 Å². The van der Waals surface area contributed by atoms with Crippen molar-refractivity contribution in [2.75, 3.05) is 0 Å². The van der Waals surface area contributed by atoms with Crippen LogP contribution in [0.5, 0.6) is 0 Å². The molecule has 0 fully saturated rings. The third kappa shape index (κ3) is 2.98. The zero-order valence-electron chi connectivity index (χ0n) is 11.3. The molecule has 1 N–H and O–H groups in total. The Balaban J connectivity index is 1.89. The molecule has 2 aromatic rings. The van der Waals surface area contributed by atoms with Crippen LogP contribution >= 0.6 is 0 Å². The molecule has 0 amide bonds. The largest absolute Gasteiger partial charge is 0.361 e. The maximum Gasteiger partial charge on any atom is 0.133 e. The van der Waals surface area contributed by atoms with Crippen molar-refractivity contribution in [3.8, 4) is 0 Å². The Morgan fingerprint density at radius 1 is 1.39 bits per heavy atom. The van der Waals surface area contributed by atoms with E-state index in [1.54, 1.807) is 0 Å². The van der Waals surface area contributed by atoms with Gasteiger partial charge in [-0.2, -0.15) is 5.10 Å². The van der Waals surface area contributed by atoms with E-state index in [1.807, 2.05) is 30.8 Å². The first-order valence-electron chi connectivity index (χ1n) is 6.22. The predicted molar refractivity (Wildman–Crippen MR) is 69.2 cm³/mol. The van der Waals surface area contributed by atoms with E-state index in [0.29, 0.717) is 18.6 Å². The van der Waals surface area contributed by atoms with Gasteiger partial charge in [-0.1, -0.05) is 5.16 Å². The Labute approximate surface area is 107 Å². The lowest BCUT2D eigenvalue weighted by Gasteiger charge is -2.21. The molecule has 5 heteroatoms. The smallest absolute Gasteiger partial charge is 0.133 e. The van der Waals surface area contributed by atoms with Crippen molar-refractivity contribution in [1.29, 1.82) is 0 Å². The number of hydrogen-bond donors (Lipinski definition) is 1. The Kier molecular flexibility index (Phi) is 3.81. The van der Waals surface area contributed by atoms with Crippen LogP contribution in [0.4, 0.5) is 0 Å². The van der Waals surface area contributed by atoms with Gasteiger partial charge in [0.1, 0.15) is 5.76 Å². The number of aromatic nitrogens is 3. The van der Waals surface area contributed by atoms with E-state index in [4.69, 9.17) is 4.52 Å². The van der Waals surface area contributed by atoms with Gasteiger partial charge < -0.3 is 9.84 Å². The normalized spacial score (nSPS) is 14.7. The number of aryl methyl sites for hydroxylation is 2. The molecule has 0 aliphatic rings. The van der Waals surface area contributed by atoms with Gasteiger partial charge in [0.2, 0.25) is 0 Å². The Bertz CT molecular complexity index is 503. The fourth-order valence-corrected chi connectivity index (χ4v) is 1.82. The molecule has 2 rings (SSSR count). The van der Waals surface area contributed by atoms with Crippen LogP contribution in [-0.2, 0) is 6.54 Å². The molecule has 18 heavy (non-hydrogen) atoms. The third-order valence-corrected chi connectivity index (χ3v) is 3.15. The van der Waals surface area contributed by atoms with Gasteiger partial charge in [0.25, 0.3) is 0 Å². The SMILES string of the molecule is Cc1cnn([C@H](C)[C@H](C)NCc2cc(C)on2)c1. The lowest BCUT2D eigenvalue weighted by Crippen LogP contribution is -2.33. The molecule has 0 aromatic carbocycles. The van der Waals surface area contributed by atoms with E-state index in [2.05, 4.69) is 35.6 Å². The van der Waals surface area contributed by atoms with Gasteiger partial charge in [0.15, 0.2) is 0 Å².